The summed E-state index contributed by atoms with van der Waals surface area (Å²) in [6, 6.07) is -6.05. The molecule has 6 atom stereocenters. The fraction of sp³-hybridized carbons (Fsp3) is 0.708. The van der Waals surface area contributed by atoms with Gasteiger partial charge in [-0.15, -0.1) is 0 Å². The van der Waals surface area contributed by atoms with Crippen LogP contribution in [-0.4, -0.2) is 95.9 Å². The molecule has 0 saturated heterocycles. The first-order valence-corrected chi connectivity index (χ1v) is 13.6. The number of nitrogens with one attached hydrogen (secondary N) is 4. The number of aliphatic imine (C=N–C) groups is 1. The molecule has 0 aliphatic rings. The van der Waals surface area contributed by atoms with E-state index >= 15 is 0 Å². The number of aliphatic hydroxyl groups excluding tert-OH is 1. The van der Waals surface area contributed by atoms with Gasteiger partial charge in [0, 0.05) is 13.0 Å². The van der Waals surface area contributed by atoms with Gasteiger partial charge in [0.1, 0.15) is 24.2 Å². The van der Waals surface area contributed by atoms with Crippen LogP contribution in [0.3, 0.4) is 0 Å². The molecule has 0 unspecified atom stereocenters. The molecule has 42 heavy (non-hydrogen) atoms. The van der Waals surface area contributed by atoms with E-state index in [0.29, 0.717) is 19.4 Å². The lowest BCUT2D eigenvalue weighted by Crippen LogP contribution is -2.60. The smallest absolute Gasteiger partial charge is 0.245 e. The number of carbonyl (C=O) groups is 6. The van der Waals surface area contributed by atoms with E-state index in [-0.39, 0.29) is 44.6 Å². The fourth-order valence-corrected chi connectivity index (χ4v) is 3.58. The number of rotatable bonds is 21. The summed E-state index contributed by atoms with van der Waals surface area (Å²) >= 11 is 0. The van der Waals surface area contributed by atoms with Crippen molar-refractivity contribution in [2.24, 2.45) is 39.4 Å². The summed E-state index contributed by atoms with van der Waals surface area (Å²) < 4.78 is 0. The normalized spacial score (nSPS) is 15.1. The van der Waals surface area contributed by atoms with Crippen LogP contribution in [-0.2, 0) is 28.8 Å². The molecule has 0 fully saturated rings. The van der Waals surface area contributed by atoms with Gasteiger partial charge in [-0.3, -0.25) is 33.8 Å². The van der Waals surface area contributed by atoms with Crippen molar-refractivity contribution in [3.8, 4) is 0 Å². The maximum Gasteiger partial charge on any atom is 0.245 e. The molecule has 0 heterocycles. The molecule has 0 spiro atoms. The standard InChI is InChI=1S/C24H47N11O7/c1-12(32-23(42)18(13(2)36)35-21(40)14(26)8-9-17(27)37)20(39)34-16(7-5-11-31-24(29)30)22(41)33-15(19(28)38)6-3-4-10-25/h12-16,18,36H,3-11,25-26H2,1-2H3,(H2,27,37)(H2,28,38)(H,32,42)(H,33,41)(H,34,39)(H,35,40)(H4,29,30,31)/t12-,13+,14-,15-,16-,18-/m0/s1. The summed E-state index contributed by atoms with van der Waals surface area (Å²) in [6.07, 6.45) is 0.117. The van der Waals surface area contributed by atoms with Crippen molar-refractivity contribution in [3.63, 3.8) is 0 Å². The van der Waals surface area contributed by atoms with Crippen LogP contribution in [0.5, 0.6) is 0 Å². The second kappa shape index (κ2) is 19.9. The van der Waals surface area contributed by atoms with E-state index in [1.54, 1.807) is 0 Å². The third kappa shape index (κ3) is 15.7. The number of hydrogen-bond donors (Lipinski definition) is 11. The van der Waals surface area contributed by atoms with Gasteiger partial charge in [-0.2, -0.15) is 0 Å². The number of hydrogen-bond acceptors (Lipinski definition) is 10. The summed E-state index contributed by atoms with van der Waals surface area (Å²) in [5.41, 5.74) is 32.3. The molecule has 0 aromatic carbocycles. The largest absolute Gasteiger partial charge is 0.391 e. The van der Waals surface area contributed by atoms with Crippen LogP contribution in [0.2, 0.25) is 0 Å². The van der Waals surface area contributed by atoms with Gasteiger partial charge >= 0.3 is 0 Å². The first-order valence-electron chi connectivity index (χ1n) is 13.6. The molecule has 0 aliphatic carbocycles. The number of aliphatic hydroxyl groups is 1. The molecule has 17 N–H and O–H groups in total. The Morgan fingerprint density at radius 1 is 0.738 bits per heavy atom. The van der Waals surface area contributed by atoms with Crippen LogP contribution in [0.25, 0.3) is 0 Å². The molecule has 0 bridgehead atoms. The van der Waals surface area contributed by atoms with E-state index < -0.39 is 71.8 Å². The number of guanidine groups is 1. The summed E-state index contributed by atoms with van der Waals surface area (Å²) in [5.74, 6) is -4.78. The average Bonchev–Trinajstić information content (AvgIpc) is 2.90. The molecule has 0 aliphatic heterocycles. The monoisotopic (exact) mass is 601 g/mol. The van der Waals surface area contributed by atoms with Crippen LogP contribution < -0.4 is 55.7 Å². The van der Waals surface area contributed by atoms with E-state index in [1.165, 1.54) is 13.8 Å². The Morgan fingerprint density at radius 2 is 1.33 bits per heavy atom. The first kappa shape index (κ1) is 38.0. The number of carbonyl (C=O) groups excluding carboxylic acids is 6. The fourth-order valence-electron chi connectivity index (χ4n) is 3.58. The van der Waals surface area contributed by atoms with Gasteiger partial charge in [-0.05, 0) is 58.9 Å². The summed E-state index contributed by atoms with van der Waals surface area (Å²) in [7, 11) is 0. The number of nitrogens with two attached hydrogens (primary N) is 6. The topological polar surface area (TPSA) is 339 Å². The lowest BCUT2D eigenvalue weighted by atomic mass is 10.1. The van der Waals surface area contributed by atoms with Crippen molar-refractivity contribution in [1.29, 1.82) is 0 Å². The maximum atomic E-state index is 13.0. The Balaban J connectivity index is 5.48. The van der Waals surface area contributed by atoms with Crippen LogP contribution in [0, 0.1) is 0 Å². The van der Waals surface area contributed by atoms with Gasteiger partial charge in [0.05, 0.1) is 12.1 Å². The highest BCUT2D eigenvalue weighted by Crippen LogP contribution is 2.05. The van der Waals surface area contributed by atoms with Crippen LogP contribution in [0.15, 0.2) is 4.99 Å². The van der Waals surface area contributed by atoms with E-state index in [4.69, 9.17) is 34.4 Å². The predicted octanol–water partition coefficient (Wildman–Crippen LogP) is -5.41. The summed E-state index contributed by atoms with van der Waals surface area (Å²) in [4.78, 5) is 77.7. The van der Waals surface area contributed by atoms with Crippen molar-refractivity contribution in [3.05, 3.63) is 0 Å². The summed E-state index contributed by atoms with van der Waals surface area (Å²) in [6.45, 7) is 3.11. The quantitative estimate of drug-likeness (QED) is 0.0335. The molecule has 0 radical (unpaired) electrons. The maximum absolute atomic E-state index is 13.0. The van der Waals surface area contributed by atoms with Crippen LogP contribution in [0.4, 0.5) is 0 Å². The molecular formula is C24H47N11O7. The highest BCUT2D eigenvalue weighted by Gasteiger charge is 2.31. The zero-order valence-electron chi connectivity index (χ0n) is 24.1. The third-order valence-corrected chi connectivity index (χ3v) is 6.04. The highest BCUT2D eigenvalue weighted by molar-refractivity contribution is 5.95. The van der Waals surface area contributed by atoms with Gasteiger partial charge < -0.3 is 60.8 Å². The minimum absolute atomic E-state index is 0.0683. The van der Waals surface area contributed by atoms with Crippen LogP contribution in [0.1, 0.15) is 58.8 Å². The van der Waals surface area contributed by atoms with Crippen molar-refractivity contribution < 1.29 is 33.9 Å². The van der Waals surface area contributed by atoms with E-state index in [2.05, 4.69) is 26.3 Å². The Bertz CT molecular complexity index is 957. The number of nitrogens with zero attached hydrogens (tertiary/aromatic N) is 1. The Labute approximate surface area is 244 Å². The SMILES string of the molecule is C[C@H](NC(=O)[C@@H](NC(=O)[C@@H](N)CCC(N)=O)[C@@H](C)O)C(=O)N[C@@H](CCCN=C(N)N)C(=O)N[C@@H](CCCCN)C(N)=O. The van der Waals surface area contributed by atoms with E-state index in [0.717, 1.165) is 0 Å². The Kier molecular flexibility index (Phi) is 18.0. The minimum Gasteiger partial charge on any atom is -0.391 e. The minimum atomic E-state index is -1.49. The van der Waals surface area contributed by atoms with E-state index in [9.17, 15) is 33.9 Å². The first-order chi connectivity index (χ1) is 19.6. The van der Waals surface area contributed by atoms with Gasteiger partial charge in [-0.25, -0.2) is 0 Å². The molecule has 6 amide bonds. The predicted molar refractivity (Wildman–Crippen MR) is 153 cm³/mol. The lowest BCUT2D eigenvalue weighted by Gasteiger charge is -2.26. The van der Waals surface area contributed by atoms with E-state index in [1.807, 2.05) is 0 Å². The third-order valence-electron chi connectivity index (χ3n) is 6.04. The second-order valence-electron chi connectivity index (χ2n) is 9.83. The van der Waals surface area contributed by atoms with Gasteiger partial charge in [0.25, 0.3) is 0 Å². The molecule has 240 valence electrons. The number of amides is 6. The molecule has 18 heteroatoms. The molecule has 0 rings (SSSR count). The van der Waals surface area contributed by atoms with Gasteiger partial charge in [-0.1, -0.05) is 0 Å². The zero-order chi connectivity index (χ0) is 32.4. The Morgan fingerprint density at radius 3 is 1.86 bits per heavy atom. The summed E-state index contributed by atoms with van der Waals surface area (Å²) in [5, 5.41) is 19.7. The molecular weight excluding hydrogens is 554 g/mol. The molecule has 0 saturated carbocycles. The van der Waals surface area contributed by atoms with Crippen molar-refractivity contribution in [2.75, 3.05) is 13.1 Å². The van der Waals surface area contributed by atoms with Crippen LogP contribution >= 0.6 is 0 Å². The molecule has 0 aromatic rings. The van der Waals surface area contributed by atoms with Gasteiger partial charge in [0.15, 0.2) is 5.96 Å². The van der Waals surface area contributed by atoms with Crippen molar-refractivity contribution >= 4 is 41.4 Å². The Hall–Kier alpha value is -4.03. The van der Waals surface area contributed by atoms with Crippen molar-refractivity contribution in [2.45, 2.75) is 95.1 Å². The average molecular weight is 602 g/mol. The van der Waals surface area contributed by atoms with Gasteiger partial charge in [0.2, 0.25) is 35.4 Å². The van der Waals surface area contributed by atoms with Crippen molar-refractivity contribution in [1.82, 2.24) is 21.3 Å². The zero-order valence-corrected chi connectivity index (χ0v) is 24.1. The lowest BCUT2D eigenvalue weighted by molar-refractivity contribution is -0.135. The second-order valence-corrected chi connectivity index (χ2v) is 9.83. The number of primary amides is 2. The highest BCUT2D eigenvalue weighted by atomic mass is 16.3. The molecule has 0 aromatic heterocycles. The number of unbranched alkanes of at least 4 members (excludes halogenated alkanes) is 1. The molecule has 18 nitrogen and oxygen atoms in total.